The van der Waals surface area contributed by atoms with Crippen molar-refractivity contribution >= 4 is 23.4 Å². The molecule has 2 saturated heterocycles. The number of carbonyl (C=O) groups excluding carboxylic acids is 2. The number of nitrogens with zero attached hydrogens (tertiary/aromatic N) is 2. The Morgan fingerprint density at radius 1 is 1.27 bits per heavy atom. The fourth-order valence-corrected chi connectivity index (χ4v) is 3.80. The molecule has 0 radical (unpaired) electrons. The molecule has 1 aromatic carbocycles. The van der Waals surface area contributed by atoms with E-state index in [1.54, 1.807) is 16.8 Å². The molecule has 1 unspecified atom stereocenters. The minimum absolute atomic E-state index is 0.0216. The Morgan fingerprint density at radius 2 is 1.95 bits per heavy atom. The van der Waals surface area contributed by atoms with Crippen LogP contribution in [0.3, 0.4) is 0 Å². The van der Waals surface area contributed by atoms with Crippen LogP contribution in [0.5, 0.6) is 0 Å². The summed E-state index contributed by atoms with van der Waals surface area (Å²) < 4.78 is 14.1. The van der Waals surface area contributed by atoms with Crippen molar-refractivity contribution in [1.29, 1.82) is 0 Å². The van der Waals surface area contributed by atoms with Gasteiger partial charge in [-0.3, -0.25) is 9.59 Å². The van der Waals surface area contributed by atoms with Crippen LogP contribution in [-0.2, 0) is 4.79 Å². The molecule has 2 amide bonds. The number of likely N-dealkylation sites (N-methyl/N-ethyl adjacent to an activating group) is 1. The molecule has 1 atom stereocenters. The molecule has 0 aliphatic carbocycles. The standard InChI is InChI=1S/C16H18ClFN2O2/c1-19-8-2-6-16(15(19)22)7-3-9-20(16)14(21)12-5-4-11(17)10-13(12)18/h4-5,10H,2-3,6-9H2,1H3. The van der Waals surface area contributed by atoms with Gasteiger partial charge in [0.25, 0.3) is 5.91 Å². The van der Waals surface area contributed by atoms with Gasteiger partial charge in [-0.1, -0.05) is 11.6 Å². The van der Waals surface area contributed by atoms with Crippen LogP contribution >= 0.6 is 11.6 Å². The van der Waals surface area contributed by atoms with E-state index >= 15 is 0 Å². The van der Waals surface area contributed by atoms with Crippen LogP contribution in [0.15, 0.2) is 18.2 Å². The summed E-state index contributed by atoms with van der Waals surface area (Å²) in [5, 5.41) is 0.249. The predicted octanol–water partition coefficient (Wildman–Crippen LogP) is 2.71. The minimum Gasteiger partial charge on any atom is -0.344 e. The van der Waals surface area contributed by atoms with E-state index < -0.39 is 17.3 Å². The van der Waals surface area contributed by atoms with Gasteiger partial charge in [0.15, 0.2) is 0 Å². The second-order valence-corrected chi connectivity index (χ2v) is 6.48. The van der Waals surface area contributed by atoms with Crippen molar-refractivity contribution in [2.45, 2.75) is 31.2 Å². The first kappa shape index (κ1) is 15.3. The van der Waals surface area contributed by atoms with Crippen LogP contribution in [0.25, 0.3) is 0 Å². The number of likely N-dealkylation sites (tertiary alicyclic amines) is 2. The molecule has 0 saturated carbocycles. The lowest BCUT2D eigenvalue weighted by Crippen LogP contribution is -2.60. The number of halogens is 2. The predicted molar refractivity (Wildman–Crippen MR) is 81.3 cm³/mol. The van der Waals surface area contributed by atoms with Gasteiger partial charge in [-0.2, -0.15) is 0 Å². The van der Waals surface area contributed by atoms with Gasteiger partial charge in [0, 0.05) is 25.2 Å². The molecule has 0 aromatic heterocycles. The van der Waals surface area contributed by atoms with Crippen LogP contribution in [0.4, 0.5) is 4.39 Å². The lowest BCUT2D eigenvalue weighted by atomic mass is 9.85. The molecule has 22 heavy (non-hydrogen) atoms. The second kappa shape index (κ2) is 5.54. The molecule has 0 bridgehead atoms. The molecule has 0 N–H and O–H groups in total. The minimum atomic E-state index is -0.795. The maximum atomic E-state index is 14.1. The van der Waals surface area contributed by atoms with Gasteiger partial charge in [-0.25, -0.2) is 4.39 Å². The summed E-state index contributed by atoms with van der Waals surface area (Å²) in [5.74, 6) is -1.09. The highest BCUT2D eigenvalue weighted by Gasteiger charge is 2.52. The number of piperidine rings is 1. The molecule has 2 heterocycles. The highest BCUT2D eigenvalue weighted by Crippen LogP contribution is 2.39. The van der Waals surface area contributed by atoms with Gasteiger partial charge in [0.2, 0.25) is 5.91 Å². The quantitative estimate of drug-likeness (QED) is 0.797. The number of hydrogen-bond acceptors (Lipinski definition) is 2. The highest BCUT2D eigenvalue weighted by atomic mass is 35.5. The second-order valence-electron chi connectivity index (χ2n) is 6.05. The van der Waals surface area contributed by atoms with Crippen LogP contribution < -0.4 is 0 Å². The van der Waals surface area contributed by atoms with Gasteiger partial charge >= 0.3 is 0 Å². The zero-order valence-electron chi connectivity index (χ0n) is 12.4. The van der Waals surface area contributed by atoms with Gasteiger partial charge in [0.1, 0.15) is 11.4 Å². The van der Waals surface area contributed by atoms with E-state index in [9.17, 15) is 14.0 Å². The molecule has 6 heteroatoms. The van der Waals surface area contributed by atoms with E-state index in [-0.39, 0.29) is 16.5 Å². The number of amides is 2. The van der Waals surface area contributed by atoms with E-state index in [1.807, 2.05) is 0 Å². The third kappa shape index (κ3) is 2.28. The molecule has 2 aliphatic rings. The van der Waals surface area contributed by atoms with Crippen LogP contribution in [0.2, 0.25) is 5.02 Å². The van der Waals surface area contributed by atoms with Crippen molar-refractivity contribution in [3.63, 3.8) is 0 Å². The van der Waals surface area contributed by atoms with Gasteiger partial charge in [-0.15, -0.1) is 0 Å². The maximum absolute atomic E-state index is 14.1. The lowest BCUT2D eigenvalue weighted by Gasteiger charge is -2.43. The Labute approximate surface area is 133 Å². The summed E-state index contributed by atoms with van der Waals surface area (Å²) in [4.78, 5) is 28.7. The number of hydrogen-bond donors (Lipinski definition) is 0. The molecule has 1 spiro atoms. The van der Waals surface area contributed by atoms with Gasteiger partial charge < -0.3 is 9.80 Å². The molecule has 118 valence electrons. The number of benzene rings is 1. The van der Waals surface area contributed by atoms with Crippen molar-refractivity contribution in [2.24, 2.45) is 0 Å². The summed E-state index contributed by atoms with van der Waals surface area (Å²) in [6.07, 6.45) is 2.92. The molecular formula is C16H18ClFN2O2. The van der Waals surface area contributed by atoms with Crippen molar-refractivity contribution < 1.29 is 14.0 Å². The number of carbonyl (C=O) groups is 2. The van der Waals surface area contributed by atoms with Crippen molar-refractivity contribution in [3.8, 4) is 0 Å². The van der Waals surface area contributed by atoms with Crippen LogP contribution in [-0.4, -0.2) is 47.3 Å². The molecule has 1 aromatic rings. The van der Waals surface area contributed by atoms with Crippen molar-refractivity contribution in [1.82, 2.24) is 9.80 Å². The third-order valence-electron chi connectivity index (χ3n) is 4.72. The molecule has 2 fully saturated rings. The Hall–Kier alpha value is -1.62. The topological polar surface area (TPSA) is 40.6 Å². The zero-order chi connectivity index (χ0) is 15.9. The average molecular weight is 325 g/mol. The smallest absolute Gasteiger partial charge is 0.257 e. The first-order valence-corrected chi connectivity index (χ1v) is 7.86. The SMILES string of the molecule is CN1CCCC2(CCCN2C(=O)c2ccc(Cl)cc2F)C1=O. The third-order valence-corrected chi connectivity index (χ3v) is 4.96. The van der Waals surface area contributed by atoms with Crippen molar-refractivity contribution in [3.05, 3.63) is 34.6 Å². The molecule has 2 aliphatic heterocycles. The van der Waals surface area contributed by atoms with E-state index in [0.29, 0.717) is 25.9 Å². The Bertz CT molecular complexity index is 637. The zero-order valence-corrected chi connectivity index (χ0v) is 13.2. The largest absolute Gasteiger partial charge is 0.344 e. The molecule has 4 nitrogen and oxygen atoms in total. The number of rotatable bonds is 1. The fourth-order valence-electron chi connectivity index (χ4n) is 3.64. The van der Waals surface area contributed by atoms with Crippen molar-refractivity contribution in [2.75, 3.05) is 20.1 Å². The average Bonchev–Trinajstić information content (AvgIpc) is 2.89. The highest BCUT2D eigenvalue weighted by molar-refractivity contribution is 6.30. The first-order chi connectivity index (χ1) is 10.5. The first-order valence-electron chi connectivity index (χ1n) is 7.48. The molecular weight excluding hydrogens is 307 g/mol. The maximum Gasteiger partial charge on any atom is 0.257 e. The summed E-state index contributed by atoms with van der Waals surface area (Å²) in [7, 11) is 1.76. The molecule has 3 rings (SSSR count). The van der Waals surface area contributed by atoms with Crippen LogP contribution in [0.1, 0.15) is 36.0 Å². The summed E-state index contributed by atoms with van der Waals surface area (Å²) in [6.45, 7) is 1.19. The normalized spacial score (nSPS) is 25.1. The van der Waals surface area contributed by atoms with Gasteiger partial charge in [-0.05, 0) is 43.9 Å². The van der Waals surface area contributed by atoms with E-state index in [0.717, 1.165) is 18.9 Å². The Morgan fingerprint density at radius 3 is 2.64 bits per heavy atom. The van der Waals surface area contributed by atoms with E-state index in [4.69, 9.17) is 11.6 Å². The fraction of sp³-hybridized carbons (Fsp3) is 0.500. The van der Waals surface area contributed by atoms with E-state index in [2.05, 4.69) is 0 Å². The lowest BCUT2D eigenvalue weighted by molar-refractivity contribution is -0.144. The summed E-state index contributed by atoms with van der Waals surface area (Å²) >= 11 is 5.74. The Balaban J connectivity index is 1.96. The van der Waals surface area contributed by atoms with Crippen LogP contribution in [0, 0.1) is 5.82 Å². The summed E-state index contributed by atoms with van der Waals surface area (Å²) in [5.41, 5.74) is -0.817. The Kier molecular flexibility index (Phi) is 3.85. The monoisotopic (exact) mass is 324 g/mol. The van der Waals surface area contributed by atoms with Gasteiger partial charge in [0.05, 0.1) is 5.56 Å². The summed E-state index contributed by atoms with van der Waals surface area (Å²) in [6, 6.07) is 4.02. The van der Waals surface area contributed by atoms with E-state index in [1.165, 1.54) is 12.1 Å².